The summed E-state index contributed by atoms with van der Waals surface area (Å²) in [6.07, 6.45) is -3.12. The van der Waals surface area contributed by atoms with Crippen molar-refractivity contribution in [2.24, 2.45) is 0 Å². The van der Waals surface area contributed by atoms with E-state index in [9.17, 15) is 18.0 Å². The summed E-state index contributed by atoms with van der Waals surface area (Å²) < 4.78 is 44.0. The lowest BCUT2D eigenvalue weighted by atomic mass is 10.2. The first-order valence-corrected chi connectivity index (χ1v) is 9.06. The van der Waals surface area contributed by atoms with E-state index in [1.165, 1.54) is 17.0 Å². The summed E-state index contributed by atoms with van der Waals surface area (Å²) in [5.41, 5.74) is 0.0455. The smallest absolute Gasteiger partial charge is 0.337 e. The standard InChI is InChI=1S/C20H17F3N4O2/c21-20(22,23)14-8-4-9-15(12-14)24-19(28)27-11-5-10-16(27)18-25-17(26-29-18)13-6-2-1-3-7-13/h1-4,6-9,12,16H,5,10-11H2,(H,24,28)/t16-/m1/s1. The normalized spacial score (nSPS) is 16.8. The Balaban J connectivity index is 1.50. The molecule has 4 rings (SSSR count). The highest BCUT2D eigenvalue weighted by molar-refractivity contribution is 5.89. The van der Waals surface area contributed by atoms with Gasteiger partial charge in [0, 0.05) is 17.8 Å². The molecule has 1 fully saturated rings. The zero-order valence-electron chi connectivity index (χ0n) is 15.2. The van der Waals surface area contributed by atoms with E-state index in [2.05, 4.69) is 15.5 Å². The molecule has 0 radical (unpaired) electrons. The maximum absolute atomic E-state index is 12.9. The molecule has 2 aromatic carbocycles. The number of urea groups is 1. The van der Waals surface area contributed by atoms with Gasteiger partial charge in [-0.1, -0.05) is 41.6 Å². The van der Waals surface area contributed by atoms with E-state index in [-0.39, 0.29) is 5.69 Å². The van der Waals surface area contributed by atoms with Crippen molar-refractivity contribution in [2.75, 3.05) is 11.9 Å². The minimum absolute atomic E-state index is 0.0750. The fourth-order valence-corrected chi connectivity index (χ4v) is 3.31. The van der Waals surface area contributed by atoms with Gasteiger partial charge in [0.05, 0.1) is 5.56 Å². The number of benzene rings is 2. The number of nitrogens with zero attached hydrogens (tertiary/aromatic N) is 3. The summed E-state index contributed by atoms with van der Waals surface area (Å²) in [5.74, 6) is 0.728. The summed E-state index contributed by atoms with van der Waals surface area (Å²) in [4.78, 5) is 18.6. The van der Waals surface area contributed by atoms with Crippen LogP contribution in [0, 0.1) is 0 Å². The van der Waals surface area contributed by atoms with Crippen molar-refractivity contribution >= 4 is 11.7 Å². The van der Waals surface area contributed by atoms with E-state index in [0.717, 1.165) is 24.1 Å². The number of carbonyl (C=O) groups is 1. The molecular formula is C20H17F3N4O2. The Morgan fingerprint density at radius 2 is 1.93 bits per heavy atom. The highest BCUT2D eigenvalue weighted by Gasteiger charge is 2.35. The maximum atomic E-state index is 12.9. The first kappa shape index (κ1) is 19.0. The van der Waals surface area contributed by atoms with Gasteiger partial charge in [0.25, 0.3) is 0 Å². The van der Waals surface area contributed by atoms with Crippen molar-refractivity contribution in [3.05, 3.63) is 66.1 Å². The van der Waals surface area contributed by atoms with Gasteiger partial charge in [0.2, 0.25) is 11.7 Å². The van der Waals surface area contributed by atoms with Gasteiger partial charge in [-0.05, 0) is 31.0 Å². The Hall–Kier alpha value is -3.36. The lowest BCUT2D eigenvalue weighted by Gasteiger charge is -2.22. The van der Waals surface area contributed by atoms with Crippen molar-refractivity contribution < 1.29 is 22.5 Å². The van der Waals surface area contributed by atoms with Crippen molar-refractivity contribution in [1.29, 1.82) is 0 Å². The second kappa shape index (κ2) is 7.57. The van der Waals surface area contributed by atoms with Gasteiger partial charge in [-0.15, -0.1) is 0 Å². The van der Waals surface area contributed by atoms with Gasteiger partial charge in [0.15, 0.2) is 0 Å². The highest BCUT2D eigenvalue weighted by Crippen LogP contribution is 2.34. The van der Waals surface area contributed by atoms with E-state index < -0.39 is 23.8 Å². The molecule has 1 aliphatic rings. The molecule has 0 unspecified atom stereocenters. The molecule has 1 saturated heterocycles. The number of alkyl halides is 3. The molecule has 0 spiro atoms. The number of rotatable bonds is 3. The SMILES string of the molecule is O=C(Nc1cccc(C(F)(F)F)c1)N1CCC[C@@H]1c1nc(-c2ccccc2)no1. The molecule has 9 heteroatoms. The third-order valence-corrected chi connectivity index (χ3v) is 4.71. The second-order valence-electron chi connectivity index (χ2n) is 6.68. The predicted octanol–water partition coefficient (Wildman–Crippen LogP) is 5.12. The Kier molecular flexibility index (Phi) is 4.96. The Bertz CT molecular complexity index is 1000. The van der Waals surface area contributed by atoms with Crippen LogP contribution in [0.1, 0.15) is 30.3 Å². The largest absolute Gasteiger partial charge is 0.416 e. The topological polar surface area (TPSA) is 71.3 Å². The zero-order chi connectivity index (χ0) is 20.4. The molecule has 1 N–H and O–H groups in total. The third-order valence-electron chi connectivity index (χ3n) is 4.71. The number of nitrogens with one attached hydrogen (secondary N) is 1. The molecule has 1 aliphatic heterocycles. The van der Waals surface area contributed by atoms with Gasteiger partial charge in [-0.25, -0.2) is 4.79 Å². The van der Waals surface area contributed by atoms with E-state index >= 15 is 0 Å². The van der Waals surface area contributed by atoms with E-state index in [1.54, 1.807) is 0 Å². The summed E-state index contributed by atoms with van der Waals surface area (Å²) in [6, 6.07) is 12.9. The zero-order valence-corrected chi connectivity index (χ0v) is 15.2. The Labute approximate surface area is 164 Å². The van der Waals surface area contributed by atoms with Crippen molar-refractivity contribution in [3.63, 3.8) is 0 Å². The van der Waals surface area contributed by atoms with E-state index in [0.29, 0.717) is 24.7 Å². The average Bonchev–Trinajstić information content (AvgIpc) is 3.38. The van der Waals surface area contributed by atoms with Crippen LogP contribution in [0.3, 0.4) is 0 Å². The molecule has 1 atom stereocenters. The van der Waals surface area contributed by atoms with Crippen molar-refractivity contribution in [3.8, 4) is 11.4 Å². The van der Waals surface area contributed by atoms with Crippen LogP contribution in [0.4, 0.5) is 23.7 Å². The van der Waals surface area contributed by atoms with Crippen molar-refractivity contribution in [2.45, 2.75) is 25.1 Å². The highest BCUT2D eigenvalue weighted by atomic mass is 19.4. The fraction of sp³-hybridized carbons (Fsp3) is 0.250. The van der Waals surface area contributed by atoms with Crippen LogP contribution in [0.2, 0.25) is 0 Å². The molecule has 0 saturated carbocycles. The fourth-order valence-electron chi connectivity index (χ4n) is 3.31. The lowest BCUT2D eigenvalue weighted by Crippen LogP contribution is -2.34. The number of anilines is 1. The first-order chi connectivity index (χ1) is 13.9. The van der Waals surface area contributed by atoms with Crippen LogP contribution in [-0.2, 0) is 6.18 Å². The van der Waals surface area contributed by atoms with Crippen LogP contribution >= 0.6 is 0 Å². The summed E-state index contributed by atoms with van der Waals surface area (Å²) in [6.45, 7) is 0.443. The van der Waals surface area contributed by atoms with Crippen molar-refractivity contribution in [1.82, 2.24) is 15.0 Å². The molecule has 0 bridgehead atoms. The van der Waals surface area contributed by atoms with Gasteiger partial charge >= 0.3 is 12.2 Å². The minimum Gasteiger partial charge on any atom is -0.337 e. The molecule has 3 aromatic rings. The number of carbonyl (C=O) groups excluding carboxylic acids is 1. The number of halogens is 3. The summed E-state index contributed by atoms with van der Waals surface area (Å²) >= 11 is 0. The molecule has 2 heterocycles. The van der Waals surface area contributed by atoms with Gasteiger partial charge in [-0.3, -0.25) is 0 Å². The second-order valence-corrected chi connectivity index (χ2v) is 6.68. The number of aromatic nitrogens is 2. The molecule has 150 valence electrons. The van der Waals surface area contributed by atoms with Gasteiger partial charge < -0.3 is 14.7 Å². The van der Waals surface area contributed by atoms with Crippen LogP contribution in [-0.4, -0.2) is 27.6 Å². The van der Waals surface area contributed by atoms with Crippen LogP contribution in [0.25, 0.3) is 11.4 Å². The number of likely N-dealkylation sites (tertiary alicyclic amines) is 1. The molecule has 2 amide bonds. The first-order valence-electron chi connectivity index (χ1n) is 9.06. The summed E-state index contributed by atoms with van der Waals surface area (Å²) in [5, 5.41) is 6.51. The number of amides is 2. The predicted molar refractivity (Wildman–Crippen MR) is 98.9 cm³/mol. The quantitative estimate of drug-likeness (QED) is 0.660. The Morgan fingerprint density at radius 3 is 2.69 bits per heavy atom. The van der Waals surface area contributed by atoms with Gasteiger partial charge in [-0.2, -0.15) is 18.2 Å². The molecule has 6 nitrogen and oxygen atoms in total. The molecule has 0 aliphatic carbocycles. The van der Waals surface area contributed by atoms with E-state index in [4.69, 9.17) is 4.52 Å². The number of hydrogen-bond donors (Lipinski definition) is 1. The Morgan fingerprint density at radius 1 is 1.14 bits per heavy atom. The number of hydrogen-bond acceptors (Lipinski definition) is 4. The molecule has 1 aromatic heterocycles. The average molecular weight is 402 g/mol. The molecule has 29 heavy (non-hydrogen) atoms. The minimum atomic E-state index is -4.48. The lowest BCUT2D eigenvalue weighted by molar-refractivity contribution is -0.137. The van der Waals surface area contributed by atoms with Crippen LogP contribution in [0.5, 0.6) is 0 Å². The van der Waals surface area contributed by atoms with Crippen LogP contribution in [0.15, 0.2) is 59.1 Å². The maximum Gasteiger partial charge on any atom is 0.416 e. The third kappa shape index (κ3) is 4.08. The monoisotopic (exact) mass is 402 g/mol. The van der Waals surface area contributed by atoms with Gasteiger partial charge in [0.1, 0.15) is 6.04 Å². The van der Waals surface area contributed by atoms with E-state index in [1.807, 2.05) is 30.3 Å². The van der Waals surface area contributed by atoms with Crippen LogP contribution < -0.4 is 5.32 Å². The summed E-state index contributed by atoms with van der Waals surface area (Å²) in [7, 11) is 0. The molecular weight excluding hydrogens is 385 g/mol.